The third-order valence-electron chi connectivity index (χ3n) is 6.08. The summed E-state index contributed by atoms with van der Waals surface area (Å²) in [4.78, 5) is 28.2. The van der Waals surface area contributed by atoms with Gasteiger partial charge in [-0.25, -0.2) is 19.7 Å². The van der Waals surface area contributed by atoms with Gasteiger partial charge in [-0.3, -0.25) is 14.2 Å². The summed E-state index contributed by atoms with van der Waals surface area (Å²) in [6.45, 7) is 7.35. The number of anilines is 1. The van der Waals surface area contributed by atoms with Crippen LogP contribution in [0.3, 0.4) is 0 Å². The minimum Gasteiger partial charge on any atom is -0.465 e. The maximum Gasteiger partial charge on any atom is 0.342 e. The first-order chi connectivity index (χ1) is 17.9. The maximum atomic E-state index is 13.7. The van der Waals surface area contributed by atoms with Crippen molar-refractivity contribution in [3.8, 4) is 0 Å². The average Bonchev–Trinajstić information content (AvgIpc) is 3.40. The lowest BCUT2D eigenvalue weighted by Gasteiger charge is -2.28. The second-order valence-corrected chi connectivity index (χ2v) is 10.8. The van der Waals surface area contributed by atoms with Crippen molar-refractivity contribution in [3.05, 3.63) is 24.2 Å². The Morgan fingerprint density at radius 2 is 1.76 bits per heavy atom. The number of nitrogens with one attached hydrogen (secondary N) is 2. The number of carbonyl (C=O) groups excluding carboxylic acids is 2. The number of nitrogens with two attached hydrogens (primary N) is 1. The molecule has 1 aliphatic heterocycles. The van der Waals surface area contributed by atoms with Crippen LogP contribution in [0.5, 0.6) is 0 Å². The first kappa shape index (κ1) is 29.9. The Morgan fingerprint density at radius 3 is 2.32 bits per heavy atom. The summed E-state index contributed by atoms with van der Waals surface area (Å²) in [5.74, 6) is -1.17. The minimum atomic E-state index is -4.15. The number of hydrogen-bond acceptors (Lipinski definition) is 12. The summed E-state index contributed by atoms with van der Waals surface area (Å²) in [5, 5.41) is 31.0. The van der Waals surface area contributed by atoms with E-state index in [0.717, 1.165) is 0 Å². The fourth-order valence-corrected chi connectivity index (χ4v) is 5.91. The lowest BCUT2D eigenvalue weighted by atomic mass is 9.93. The van der Waals surface area contributed by atoms with Crippen molar-refractivity contribution in [1.82, 2.24) is 24.8 Å². The number of aliphatic hydroxyl groups excluding tert-OH is 2. The zero-order chi connectivity index (χ0) is 28.3. The zero-order valence-electron chi connectivity index (χ0n) is 21.9. The highest BCUT2D eigenvalue weighted by molar-refractivity contribution is 7.54. The van der Waals surface area contributed by atoms with E-state index >= 15 is 0 Å². The molecule has 1 unspecified atom stereocenters. The fraction of sp³-hybridized carbons (Fsp3) is 0.636. The Bertz CT molecular complexity index is 1170. The van der Waals surface area contributed by atoms with Crippen LogP contribution in [-0.2, 0) is 38.5 Å². The number of aromatic nitrogens is 3. The van der Waals surface area contributed by atoms with E-state index in [1.54, 1.807) is 32.9 Å². The van der Waals surface area contributed by atoms with Gasteiger partial charge in [0.1, 0.15) is 47.8 Å². The fourth-order valence-electron chi connectivity index (χ4n) is 4.10. The molecule has 38 heavy (non-hydrogen) atoms. The van der Waals surface area contributed by atoms with E-state index < -0.39 is 62.2 Å². The molecule has 2 aromatic heterocycles. The van der Waals surface area contributed by atoms with Gasteiger partial charge in [-0.1, -0.05) is 0 Å². The molecule has 0 bridgehead atoms. The largest absolute Gasteiger partial charge is 0.465 e. The van der Waals surface area contributed by atoms with Crippen LogP contribution < -0.4 is 15.9 Å². The normalized spacial score (nSPS) is 25.3. The van der Waals surface area contributed by atoms with E-state index in [9.17, 15) is 24.4 Å². The molecule has 0 amide bonds. The molecule has 0 spiro atoms. The number of nitrogens with zero attached hydrogens (tertiary/aromatic N) is 3. The zero-order valence-corrected chi connectivity index (χ0v) is 22.8. The van der Waals surface area contributed by atoms with E-state index in [1.807, 2.05) is 0 Å². The summed E-state index contributed by atoms with van der Waals surface area (Å²) in [6, 6.07) is 1.13. The van der Waals surface area contributed by atoms with Crippen LogP contribution in [-0.4, -0.2) is 87.0 Å². The lowest BCUT2D eigenvalue weighted by Crippen LogP contribution is -2.43. The second kappa shape index (κ2) is 12.0. The first-order valence-electron chi connectivity index (χ1n) is 12.1. The Balaban J connectivity index is 1.81. The monoisotopic (exact) mass is 558 g/mol. The highest BCUT2D eigenvalue weighted by Gasteiger charge is 2.54. The molecule has 16 heteroatoms. The van der Waals surface area contributed by atoms with Gasteiger partial charge in [0.15, 0.2) is 5.82 Å². The molecule has 1 saturated heterocycles. The second-order valence-electron chi connectivity index (χ2n) is 8.91. The van der Waals surface area contributed by atoms with Crippen molar-refractivity contribution in [1.29, 1.82) is 0 Å². The Kier molecular flexibility index (Phi) is 9.47. The first-order valence-corrected chi connectivity index (χ1v) is 13.7. The summed E-state index contributed by atoms with van der Waals surface area (Å²) >= 11 is 0. The molecule has 3 rings (SSSR count). The van der Waals surface area contributed by atoms with Crippen molar-refractivity contribution >= 4 is 30.9 Å². The van der Waals surface area contributed by atoms with Crippen LogP contribution in [0.1, 0.15) is 40.3 Å². The molecule has 1 fully saturated rings. The predicted octanol–water partition coefficient (Wildman–Crippen LogP) is -0.146. The summed E-state index contributed by atoms with van der Waals surface area (Å²) in [7, 11) is -4.15. The molecule has 0 aliphatic carbocycles. The predicted molar refractivity (Wildman–Crippen MR) is 134 cm³/mol. The number of rotatable bonds is 12. The number of nitrogen functional groups attached to an aromatic ring is 1. The highest BCUT2D eigenvalue weighted by atomic mass is 31.2. The summed E-state index contributed by atoms with van der Waals surface area (Å²) in [6.07, 6.45) is -2.80. The van der Waals surface area contributed by atoms with Gasteiger partial charge in [0.25, 0.3) is 0 Å². The molecule has 3 heterocycles. The minimum absolute atomic E-state index is 0.103. The molecule has 212 valence electrons. The van der Waals surface area contributed by atoms with E-state index in [2.05, 4.69) is 20.3 Å². The number of ether oxygens (including phenoxy) is 3. The third kappa shape index (κ3) is 6.15. The maximum absolute atomic E-state index is 13.7. The van der Waals surface area contributed by atoms with Gasteiger partial charge in [-0.2, -0.15) is 5.10 Å². The van der Waals surface area contributed by atoms with Gasteiger partial charge in [0, 0.05) is 0 Å². The molecule has 6 atom stereocenters. The Hall–Kier alpha value is -2.65. The van der Waals surface area contributed by atoms with Crippen LogP contribution in [0.4, 0.5) is 5.82 Å². The molecule has 0 radical (unpaired) electrons. The molecule has 0 saturated carbocycles. The molecule has 6 N–H and O–H groups in total. The number of hydrogen-bond donors (Lipinski definition) is 5. The van der Waals surface area contributed by atoms with Crippen molar-refractivity contribution in [2.45, 2.75) is 70.6 Å². The van der Waals surface area contributed by atoms with E-state index in [4.69, 9.17) is 24.5 Å². The molecular formula is C22H35N6O9P. The van der Waals surface area contributed by atoms with E-state index in [0.29, 0.717) is 11.2 Å². The van der Waals surface area contributed by atoms with Crippen LogP contribution in [0.2, 0.25) is 0 Å². The standard InChI is InChI=1S/C22H35N6O9P/c1-6-34-20(31)12(3)26-38(33,27-13(4)21(32)35-7-2)36-10-15-17(29)18(30)22(5,37-15)16-9-8-14-19(23)24-11-25-28(14)16/h8-9,11-13,15,17-18,29-30H,6-7,10H2,1-5H3,(H2,23,24,25)(H2,26,27,33)/t12-,13-,15?,17+,18+,22-/m0/s1. The summed E-state index contributed by atoms with van der Waals surface area (Å²) in [5.41, 5.74) is 5.31. The highest BCUT2D eigenvalue weighted by Crippen LogP contribution is 2.44. The van der Waals surface area contributed by atoms with Crippen LogP contribution >= 0.6 is 7.67 Å². The molecule has 0 aromatic carbocycles. The van der Waals surface area contributed by atoms with E-state index in [1.165, 1.54) is 24.7 Å². The Morgan fingerprint density at radius 1 is 1.18 bits per heavy atom. The molecule has 15 nitrogen and oxygen atoms in total. The SMILES string of the molecule is CCOC(=O)[C@H](C)NP(=O)(N[C@@H](C)C(=O)OCC)OCC1O[C@@](C)(c2ccc3c(N)ncnn23)[C@H](O)[C@@H]1O. The summed E-state index contributed by atoms with van der Waals surface area (Å²) < 4.78 is 36.7. The topological polar surface area (TPSA) is 209 Å². The van der Waals surface area contributed by atoms with Crippen LogP contribution in [0.15, 0.2) is 18.5 Å². The van der Waals surface area contributed by atoms with Crippen molar-refractivity contribution in [2.75, 3.05) is 25.6 Å². The van der Waals surface area contributed by atoms with Gasteiger partial charge in [-0.15, -0.1) is 0 Å². The smallest absolute Gasteiger partial charge is 0.342 e. The number of esters is 2. The van der Waals surface area contributed by atoms with Crippen molar-refractivity contribution in [2.24, 2.45) is 0 Å². The molecular weight excluding hydrogens is 523 g/mol. The van der Waals surface area contributed by atoms with E-state index in [-0.39, 0.29) is 19.0 Å². The van der Waals surface area contributed by atoms with Gasteiger partial charge in [0.2, 0.25) is 0 Å². The molecule has 1 aliphatic rings. The van der Waals surface area contributed by atoms with Gasteiger partial charge >= 0.3 is 19.6 Å². The third-order valence-corrected chi connectivity index (χ3v) is 8.05. The quantitative estimate of drug-likeness (QED) is 0.170. The number of carbonyl (C=O) groups is 2. The van der Waals surface area contributed by atoms with Crippen LogP contribution in [0, 0.1) is 0 Å². The number of aliphatic hydroxyl groups is 2. The van der Waals surface area contributed by atoms with Crippen molar-refractivity contribution in [3.63, 3.8) is 0 Å². The average molecular weight is 559 g/mol. The van der Waals surface area contributed by atoms with Gasteiger partial charge in [0.05, 0.1) is 25.5 Å². The van der Waals surface area contributed by atoms with Crippen molar-refractivity contribution < 1.29 is 43.1 Å². The lowest BCUT2D eigenvalue weighted by molar-refractivity contribution is -0.145. The van der Waals surface area contributed by atoms with Crippen LogP contribution in [0.25, 0.3) is 5.52 Å². The molecule has 2 aromatic rings. The van der Waals surface area contributed by atoms with Gasteiger partial charge < -0.3 is 34.7 Å². The number of fused-ring (bicyclic) bond motifs is 1. The Labute approximate surface area is 219 Å². The van der Waals surface area contributed by atoms with Gasteiger partial charge in [-0.05, 0) is 46.8 Å².